The molecule has 5 heteroatoms. The minimum absolute atomic E-state index is 0.0749. The van der Waals surface area contributed by atoms with Crippen molar-refractivity contribution in [3.05, 3.63) is 57.2 Å². The molecule has 1 aliphatic heterocycles. The lowest BCUT2D eigenvalue weighted by Gasteiger charge is -2.13. The van der Waals surface area contributed by atoms with Crippen LogP contribution in [0.1, 0.15) is 11.4 Å². The summed E-state index contributed by atoms with van der Waals surface area (Å²) < 4.78 is 1.70. The molecule has 3 nitrogen and oxygen atoms in total. The third-order valence-electron chi connectivity index (χ3n) is 3.27. The van der Waals surface area contributed by atoms with E-state index in [2.05, 4.69) is 29.2 Å². The summed E-state index contributed by atoms with van der Waals surface area (Å²) in [5, 5.41) is 0.651. The molecule has 1 atom stereocenters. The standard InChI is InChI=1S/C14H13ClN2OS/c1-9-16-13(15)7-14(18)17(9)8-11-6-10-4-2-3-5-12(10)19-11/h2-5,7,11H,6,8H2,1H3. The summed E-state index contributed by atoms with van der Waals surface area (Å²) in [4.78, 5) is 17.4. The molecular formula is C14H13ClN2OS. The fourth-order valence-electron chi connectivity index (χ4n) is 2.37. The molecule has 3 rings (SSSR count). The summed E-state index contributed by atoms with van der Waals surface area (Å²) in [6.45, 7) is 2.49. The van der Waals surface area contributed by atoms with Crippen molar-refractivity contribution in [3.8, 4) is 0 Å². The lowest BCUT2D eigenvalue weighted by molar-refractivity contribution is 0.609. The number of benzene rings is 1. The van der Waals surface area contributed by atoms with Gasteiger partial charge in [0, 0.05) is 22.8 Å². The van der Waals surface area contributed by atoms with E-state index in [9.17, 15) is 4.79 Å². The van der Waals surface area contributed by atoms with E-state index in [-0.39, 0.29) is 10.7 Å². The van der Waals surface area contributed by atoms with Crippen LogP contribution in [0.25, 0.3) is 0 Å². The third kappa shape index (κ3) is 2.55. The maximum atomic E-state index is 12.0. The Morgan fingerprint density at radius 3 is 3.00 bits per heavy atom. The molecule has 0 spiro atoms. The molecular weight excluding hydrogens is 280 g/mol. The molecule has 0 bridgehead atoms. The molecule has 0 N–H and O–H groups in total. The smallest absolute Gasteiger partial charge is 0.255 e. The molecule has 0 saturated heterocycles. The molecule has 2 aromatic rings. The van der Waals surface area contributed by atoms with Crippen LogP contribution in [0.3, 0.4) is 0 Å². The van der Waals surface area contributed by atoms with Crippen LogP contribution in [0, 0.1) is 6.92 Å². The van der Waals surface area contributed by atoms with Gasteiger partial charge in [0.2, 0.25) is 0 Å². The highest BCUT2D eigenvalue weighted by atomic mass is 35.5. The lowest BCUT2D eigenvalue weighted by Crippen LogP contribution is -2.27. The summed E-state index contributed by atoms with van der Waals surface area (Å²) in [5.74, 6) is 0.675. The van der Waals surface area contributed by atoms with Crippen molar-refractivity contribution in [1.82, 2.24) is 9.55 Å². The number of nitrogens with zero attached hydrogens (tertiary/aromatic N) is 2. The number of aryl methyl sites for hydroxylation is 1. The highest BCUT2D eigenvalue weighted by Gasteiger charge is 2.23. The molecule has 0 fully saturated rings. The normalized spacial score (nSPS) is 17.5. The van der Waals surface area contributed by atoms with Gasteiger partial charge in [0.15, 0.2) is 0 Å². The molecule has 0 amide bonds. The molecule has 1 aromatic heterocycles. The predicted molar refractivity (Wildman–Crippen MR) is 78.0 cm³/mol. The van der Waals surface area contributed by atoms with E-state index in [0.717, 1.165) is 6.42 Å². The summed E-state index contributed by atoms with van der Waals surface area (Å²) in [6.07, 6.45) is 0.995. The summed E-state index contributed by atoms with van der Waals surface area (Å²) in [7, 11) is 0. The Morgan fingerprint density at radius 1 is 1.47 bits per heavy atom. The average Bonchev–Trinajstić information content (AvgIpc) is 2.76. The van der Waals surface area contributed by atoms with E-state index in [1.807, 2.05) is 18.7 Å². The first-order valence-corrected chi connectivity index (χ1v) is 7.38. The first kappa shape index (κ1) is 12.8. The Labute approximate surface area is 120 Å². The zero-order valence-electron chi connectivity index (χ0n) is 10.5. The first-order chi connectivity index (χ1) is 9.13. The highest BCUT2D eigenvalue weighted by Crippen LogP contribution is 2.37. The third-order valence-corrected chi connectivity index (χ3v) is 4.76. The second-order valence-electron chi connectivity index (χ2n) is 4.63. The number of aromatic nitrogens is 2. The van der Waals surface area contributed by atoms with Gasteiger partial charge in [-0.05, 0) is 25.0 Å². The van der Waals surface area contributed by atoms with Crippen molar-refractivity contribution < 1.29 is 0 Å². The Balaban J connectivity index is 1.84. The average molecular weight is 293 g/mol. The number of hydrogen-bond acceptors (Lipinski definition) is 3. The van der Waals surface area contributed by atoms with E-state index in [0.29, 0.717) is 17.6 Å². The van der Waals surface area contributed by atoms with Gasteiger partial charge in [0.1, 0.15) is 11.0 Å². The monoisotopic (exact) mass is 292 g/mol. The zero-order chi connectivity index (χ0) is 13.4. The van der Waals surface area contributed by atoms with Crippen molar-refractivity contribution >= 4 is 23.4 Å². The van der Waals surface area contributed by atoms with Crippen LogP contribution < -0.4 is 5.56 Å². The molecule has 1 aliphatic rings. The molecule has 0 saturated carbocycles. The topological polar surface area (TPSA) is 34.9 Å². The van der Waals surface area contributed by atoms with Crippen LogP contribution in [0.5, 0.6) is 0 Å². The van der Waals surface area contributed by atoms with Crippen molar-refractivity contribution in [3.63, 3.8) is 0 Å². The van der Waals surface area contributed by atoms with Gasteiger partial charge in [-0.25, -0.2) is 4.98 Å². The molecule has 98 valence electrons. The molecule has 2 heterocycles. The van der Waals surface area contributed by atoms with E-state index in [1.165, 1.54) is 16.5 Å². The van der Waals surface area contributed by atoms with Crippen molar-refractivity contribution in [2.24, 2.45) is 0 Å². The van der Waals surface area contributed by atoms with Gasteiger partial charge in [0.25, 0.3) is 5.56 Å². The maximum Gasteiger partial charge on any atom is 0.255 e. The second-order valence-corrected chi connectivity index (χ2v) is 6.36. The van der Waals surface area contributed by atoms with E-state index >= 15 is 0 Å². The Kier molecular flexibility index (Phi) is 3.37. The van der Waals surface area contributed by atoms with Gasteiger partial charge in [-0.1, -0.05) is 29.8 Å². The van der Waals surface area contributed by atoms with Crippen molar-refractivity contribution in [2.75, 3.05) is 0 Å². The molecule has 1 unspecified atom stereocenters. The molecule has 1 aromatic carbocycles. The van der Waals surface area contributed by atoms with Crippen LogP contribution in [-0.2, 0) is 13.0 Å². The van der Waals surface area contributed by atoms with Crippen LogP contribution in [0.15, 0.2) is 40.0 Å². The van der Waals surface area contributed by atoms with E-state index in [1.54, 1.807) is 4.57 Å². The molecule has 0 radical (unpaired) electrons. The summed E-state index contributed by atoms with van der Waals surface area (Å²) in [5.41, 5.74) is 1.29. The number of hydrogen-bond donors (Lipinski definition) is 0. The SMILES string of the molecule is Cc1nc(Cl)cc(=O)n1CC1Cc2ccccc2S1. The van der Waals surface area contributed by atoms with Crippen LogP contribution >= 0.6 is 23.4 Å². The second kappa shape index (κ2) is 5.02. The number of halogens is 1. The van der Waals surface area contributed by atoms with Gasteiger partial charge in [-0.15, -0.1) is 11.8 Å². The van der Waals surface area contributed by atoms with E-state index < -0.39 is 0 Å². The van der Waals surface area contributed by atoms with Gasteiger partial charge in [0.05, 0.1) is 0 Å². The molecule has 0 aliphatic carbocycles. The summed E-state index contributed by atoms with van der Waals surface area (Å²) in [6, 6.07) is 9.77. The fraction of sp³-hybridized carbons (Fsp3) is 0.286. The number of rotatable bonds is 2. The van der Waals surface area contributed by atoms with Gasteiger partial charge < -0.3 is 0 Å². The Morgan fingerprint density at radius 2 is 2.26 bits per heavy atom. The van der Waals surface area contributed by atoms with Crippen LogP contribution in [-0.4, -0.2) is 14.8 Å². The predicted octanol–water partition coefficient (Wildman–Crippen LogP) is 2.92. The fourth-order valence-corrected chi connectivity index (χ4v) is 3.89. The lowest BCUT2D eigenvalue weighted by atomic mass is 10.1. The quantitative estimate of drug-likeness (QED) is 0.798. The number of fused-ring (bicyclic) bond motifs is 1. The Hall–Kier alpha value is -1.26. The first-order valence-electron chi connectivity index (χ1n) is 6.12. The molecule has 19 heavy (non-hydrogen) atoms. The van der Waals surface area contributed by atoms with Crippen LogP contribution in [0.4, 0.5) is 0 Å². The van der Waals surface area contributed by atoms with Crippen molar-refractivity contribution in [2.45, 2.75) is 30.0 Å². The van der Waals surface area contributed by atoms with Gasteiger partial charge in [-0.2, -0.15) is 0 Å². The number of thioether (sulfide) groups is 1. The van der Waals surface area contributed by atoms with Gasteiger partial charge in [-0.3, -0.25) is 9.36 Å². The van der Waals surface area contributed by atoms with Gasteiger partial charge >= 0.3 is 0 Å². The summed E-state index contributed by atoms with van der Waals surface area (Å²) >= 11 is 7.61. The Bertz CT molecular complexity index is 658. The van der Waals surface area contributed by atoms with E-state index in [4.69, 9.17) is 11.6 Å². The van der Waals surface area contributed by atoms with Crippen LogP contribution in [0.2, 0.25) is 5.15 Å². The largest absolute Gasteiger partial charge is 0.296 e. The minimum atomic E-state index is -0.0749. The maximum absolute atomic E-state index is 12.0. The van der Waals surface area contributed by atoms with Crippen molar-refractivity contribution in [1.29, 1.82) is 0 Å². The highest BCUT2D eigenvalue weighted by molar-refractivity contribution is 8.00. The minimum Gasteiger partial charge on any atom is -0.296 e. The zero-order valence-corrected chi connectivity index (χ0v) is 12.0.